The van der Waals surface area contributed by atoms with E-state index in [1.165, 1.54) is 6.42 Å². The number of methoxy groups -OCH3 is 1. The lowest BCUT2D eigenvalue weighted by Gasteiger charge is -2.25. The number of sulfonamides is 1. The summed E-state index contributed by atoms with van der Waals surface area (Å²) in [5, 5.41) is 6.23. The van der Waals surface area contributed by atoms with Gasteiger partial charge < -0.3 is 15.4 Å². The normalized spacial score (nSPS) is 15.3. The summed E-state index contributed by atoms with van der Waals surface area (Å²) in [4.78, 5) is 4.54. The van der Waals surface area contributed by atoms with Crippen LogP contribution in [0.2, 0.25) is 0 Å². The molecule has 3 N–H and O–H groups in total. The molecule has 0 atom stereocenters. The molecule has 1 fully saturated rings. The van der Waals surface area contributed by atoms with E-state index < -0.39 is 10.0 Å². The van der Waals surface area contributed by atoms with Gasteiger partial charge in [-0.3, -0.25) is 0 Å². The fourth-order valence-electron chi connectivity index (χ4n) is 2.81. The first kappa shape index (κ1) is 21.5. The molecule has 0 amide bonds. The van der Waals surface area contributed by atoms with Gasteiger partial charge in [-0.15, -0.1) is 0 Å². The van der Waals surface area contributed by atoms with Gasteiger partial charge in [-0.25, -0.2) is 18.1 Å². The van der Waals surface area contributed by atoms with Gasteiger partial charge in [0.05, 0.1) is 19.4 Å². The Morgan fingerprint density at radius 1 is 1.30 bits per heavy atom. The van der Waals surface area contributed by atoms with Gasteiger partial charge in [0.25, 0.3) is 0 Å². The van der Waals surface area contributed by atoms with Crippen LogP contribution in [0.1, 0.15) is 37.3 Å². The molecule has 8 heteroatoms. The van der Waals surface area contributed by atoms with Crippen molar-refractivity contribution < 1.29 is 13.2 Å². The first-order chi connectivity index (χ1) is 12.9. The molecule has 0 spiro atoms. The molecule has 0 aliphatic heterocycles. The van der Waals surface area contributed by atoms with Crippen molar-refractivity contribution in [2.24, 2.45) is 10.9 Å². The molecule has 2 rings (SSSR count). The second kappa shape index (κ2) is 10.5. The minimum Gasteiger partial charge on any atom is -0.496 e. The van der Waals surface area contributed by atoms with Gasteiger partial charge in [0, 0.05) is 25.2 Å². The van der Waals surface area contributed by atoms with E-state index in [0.717, 1.165) is 29.7 Å². The average Bonchev–Trinajstić information content (AvgIpc) is 2.58. The van der Waals surface area contributed by atoms with Gasteiger partial charge in [0.15, 0.2) is 5.96 Å². The second-order valence-corrected chi connectivity index (χ2v) is 8.83. The number of ether oxygens (including phenoxy) is 1. The van der Waals surface area contributed by atoms with Gasteiger partial charge in [0.2, 0.25) is 10.0 Å². The van der Waals surface area contributed by atoms with Crippen LogP contribution in [0.25, 0.3) is 0 Å². The van der Waals surface area contributed by atoms with Crippen molar-refractivity contribution in [1.29, 1.82) is 0 Å². The largest absolute Gasteiger partial charge is 0.496 e. The predicted molar refractivity (Wildman–Crippen MR) is 110 cm³/mol. The summed E-state index contributed by atoms with van der Waals surface area (Å²) in [6, 6.07) is 6.00. The van der Waals surface area contributed by atoms with E-state index in [1.54, 1.807) is 7.11 Å². The minimum atomic E-state index is -3.26. The Morgan fingerprint density at radius 2 is 2.07 bits per heavy atom. The predicted octanol–water partition coefficient (Wildman–Crippen LogP) is 1.78. The molecule has 1 aromatic rings. The van der Waals surface area contributed by atoms with Crippen molar-refractivity contribution in [1.82, 2.24) is 15.4 Å². The average molecular weight is 397 g/mol. The maximum atomic E-state index is 12.1. The van der Waals surface area contributed by atoms with E-state index in [4.69, 9.17) is 4.74 Å². The topological polar surface area (TPSA) is 91.8 Å². The third-order valence-electron chi connectivity index (χ3n) is 4.67. The van der Waals surface area contributed by atoms with E-state index in [2.05, 4.69) is 20.3 Å². The number of nitrogens with one attached hydrogen (secondary N) is 3. The zero-order valence-corrected chi connectivity index (χ0v) is 17.4. The van der Waals surface area contributed by atoms with Gasteiger partial charge in [0.1, 0.15) is 5.75 Å². The molecule has 0 heterocycles. The van der Waals surface area contributed by atoms with Gasteiger partial charge in [-0.1, -0.05) is 18.6 Å². The number of guanidine groups is 1. The molecular formula is C19H32N4O3S. The minimum absolute atomic E-state index is 0.0258. The van der Waals surface area contributed by atoms with Gasteiger partial charge in [-0.05, 0) is 44.2 Å². The molecule has 27 heavy (non-hydrogen) atoms. The Kier molecular flexibility index (Phi) is 8.37. The van der Waals surface area contributed by atoms with Crippen molar-refractivity contribution in [3.05, 3.63) is 29.3 Å². The highest BCUT2D eigenvalue weighted by Crippen LogP contribution is 2.25. The number of rotatable bonds is 10. The van der Waals surface area contributed by atoms with Crippen molar-refractivity contribution in [2.75, 3.05) is 32.5 Å². The second-order valence-electron chi connectivity index (χ2n) is 6.90. The highest BCUT2D eigenvalue weighted by atomic mass is 32.2. The van der Waals surface area contributed by atoms with E-state index in [1.807, 2.05) is 32.0 Å². The van der Waals surface area contributed by atoms with Crippen LogP contribution in [0.5, 0.6) is 5.75 Å². The summed E-state index contributed by atoms with van der Waals surface area (Å²) < 4.78 is 32.3. The van der Waals surface area contributed by atoms with Crippen LogP contribution in [0.15, 0.2) is 23.2 Å². The summed E-state index contributed by atoms with van der Waals surface area (Å²) in [7, 11) is -1.62. The molecule has 152 valence electrons. The Balaban J connectivity index is 1.85. The summed E-state index contributed by atoms with van der Waals surface area (Å²) >= 11 is 0. The first-order valence-electron chi connectivity index (χ1n) is 9.56. The van der Waals surface area contributed by atoms with E-state index >= 15 is 0 Å². The summed E-state index contributed by atoms with van der Waals surface area (Å²) in [5.74, 6) is 1.93. The molecule has 0 saturated heterocycles. The van der Waals surface area contributed by atoms with Crippen LogP contribution in [0, 0.1) is 12.8 Å². The number of aliphatic imine (C=N–C) groups is 1. The molecule has 1 aliphatic carbocycles. The van der Waals surface area contributed by atoms with Crippen molar-refractivity contribution in [2.45, 2.75) is 39.7 Å². The zero-order valence-electron chi connectivity index (χ0n) is 16.5. The van der Waals surface area contributed by atoms with Crippen LogP contribution in [0.4, 0.5) is 0 Å². The van der Waals surface area contributed by atoms with Crippen LogP contribution >= 0.6 is 0 Å². The molecule has 1 saturated carbocycles. The SMILES string of the molecule is CCNC(=NCc1ccc(C)cc1OC)NCCS(=O)(=O)NCC1CCC1. The monoisotopic (exact) mass is 396 g/mol. The van der Waals surface area contributed by atoms with E-state index in [-0.39, 0.29) is 5.75 Å². The lowest BCUT2D eigenvalue weighted by atomic mass is 9.86. The van der Waals surface area contributed by atoms with Crippen LogP contribution in [-0.2, 0) is 16.6 Å². The summed E-state index contributed by atoms with van der Waals surface area (Å²) in [6.45, 7) is 6.00. The number of hydrogen-bond acceptors (Lipinski definition) is 4. The Bertz CT molecular complexity index is 730. The quantitative estimate of drug-likeness (QED) is 0.414. The molecule has 1 aliphatic rings. The standard InChI is InChI=1S/C19H32N4O3S/c1-4-20-19(22-14-17-9-8-15(2)12-18(17)26-3)21-10-11-27(24,25)23-13-16-6-5-7-16/h8-9,12,16,23H,4-7,10-11,13-14H2,1-3H3,(H2,20,21,22). The Labute approximate surface area is 163 Å². The van der Waals surface area contributed by atoms with E-state index in [0.29, 0.717) is 38.1 Å². The van der Waals surface area contributed by atoms with Gasteiger partial charge in [-0.2, -0.15) is 0 Å². The third kappa shape index (κ3) is 7.38. The van der Waals surface area contributed by atoms with Crippen LogP contribution in [-0.4, -0.2) is 46.9 Å². The zero-order chi connectivity index (χ0) is 19.7. The molecule has 0 aromatic heterocycles. The Hall–Kier alpha value is -1.80. The third-order valence-corrected chi connectivity index (χ3v) is 6.02. The van der Waals surface area contributed by atoms with Gasteiger partial charge >= 0.3 is 0 Å². The lowest BCUT2D eigenvalue weighted by Crippen LogP contribution is -2.42. The van der Waals surface area contributed by atoms with Crippen molar-refractivity contribution >= 4 is 16.0 Å². The Morgan fingerprint density at radius 3 is 2.70 bits per heavy atom. The molecule has 7 nitrogen and oxygen atoms in total. The number of nitrogens with zero attached hydrogens (tertiary/aromatic N) is 1. The number of hydrogen-bond donors (Lipinski definition) is 3. The maximum absolute atomic E-state index is 12.1. The fraction of sp³-hybridized carbons (Fsp3) is 0.632. The lowest BCUT2D eigenvalue weighted by molar-refractivity contribution is 0.316. The molecule has 0 unspecified atom stereocenters. The molecule has 1 aromatic carbocycles. The summed E-state index contributed by atoms with van der Waals surface area (Å²) in [6.07, 6.45) is 3.46. The summed E-state index contributed by atoms with van der Waals surface area (Å²) in [5.41, 5.74) is 2.11. The fourth-order valence-corrected chi connectivity index (χ4v) is 3.81. The number of benzene rings is 1. The molecule has 0 radical (unpaired) electrons. The maximum Gasteiger partial charge on any atom is 0.213 e. The number of aryl methyl sites for hydroxylation is 1. The van der Waals surface area contributed by atoms with Crippen molar-refractivity contribution in [3.8, 4) is 5.75 Å². The van der Waals surface area contributed by atoms with Crippen LogP contribution in [0.3, 0.4) is 0 Å². The van der Waals surface area contributed by atoms with Crippen molar-refractivity contribution in [3.63, 3.8) is 0 Å². The molecular weight excluding hydrogens is 364 g/mol. The smallest absolute Gasteiger partial charge is 0.213 e. The van der Waals surface area contributed by atoms with E-state index in [9.17, 15) is 8.42 Å². The molecule has 0 bridgehead atoms. The highest BCUT2D eigenvalue weighted by molar-refractivity contribution is 7.89. The van der Waals surface area contributed by atoms with Crippen LogP contribution < -0.4 is 20.1 Å². The first-order valence-corrected chi connectivity index (χ1v) is 11.2. The highest BCUT2D eigenvalue weighted by Gasteiger charge is 2.20.